The molecule has 3 rings (SSSR count). The number of amides is 1. The van der Waals surface area contributed by atoms with Gasteiger partial charge in [-0.25, -0.2) is 0 Å². The molecule has 6 nitrogen and oxygen atoms in total. The van der Waals surface area contributed by atoms with Crippen molar-refractivity contribution in [2.24, 2.45) is 0 Å². The molecule has 0 radical (unpaired) electrons. The fourth-order valence-electron chi connectivity index (χ4n) is 2.00. The molecule has 0 N–H and O–H groups in total. The Morgan fingerprint density at radius 3 is 2.84 bits per heavy atom. The Hall–Kier alpha value is -2.11. The molecule has 0 aliphatic carbocycles. The van der Waals surface area contributed by atoms with Crippen molar-refractivity contribution in [2.45, 2.75) is 25.7 Å². The topological polar surface area (TPSA) is 72.4 Å². The Labute approximate surface area is 110 Å². The first-order chi connectivity index (χ1) is 9.15. The van der Waals surface area contributed by atoms with Gasteiger partial charge in [0.25, 0.3) is 5.91 Å². The van der Waals surface area contributed by atoms with Crippen LogP contribution >= 0.6 is 0 Å². The molecule has 0 atom stereocenters. The monoisotopic (exact) mass is 261 g/mol. The zero-order valence-corrected chi connectivity index (χ0v) is 10.9. The fourth-order valence-corrected chi connectivity index (χ4v) is 2.00. The van der Waals surface area contributed by atoms with E-state index in [1.165, 1.54) is 6.26 Å². The molecule has 0 unspecified atom stereocenters. The SMILES string of the molecule is CC(C)c1noc(C2CN(C(=O)c3ccco3)C2)n1. The van der Waals surface area contributed by atoms with E-state index in [9.17, 15) is 4.79 Å². The summed E-state index contributed by atoms with van der Waals surface area (Å²) >= 11 is 0. The molecule has 0 saturated carbocycles. The molecule has 100 valence electrons. The number of nitrogens with zero attached hydrogens (tertiary/aromatic N) is 3. The molecule has 2 aromatic heterocycles. The maximum Gasteiger partial charge on any atom is 0.289 e. The smallest absolute Gasteiger partial charge is 0.289 e. The van der Waals surface area contributed by atoms with E-state index < -0.39 is 0 Å². The maximum atomic E-state index is 11.9. The third kappa shape index (κ3) is 2.14. The highest BCUT2D eigenvalue weighted by atomic mass is 16.5. The number of carbonyl (C=O) groups excluding carboxylic acids is 1. The lowest BCUT2D eigenvalue weighted by Gasteiger charge is -2.36. The van der Waals surface area contributed by atoms with Crippen molar-refractivity contribution in [2.75, 3.05) is 13.1 Å². The van der Waals surface area contributed by atoms with Crippen molar-refractivity contribution in [1.29, 1.82) is 0 Å². The first-order valence-corrected chi connectivity index (χ1v) is 6.31. The Balaban J connectivity index is 1.62. The van der Waals surface area contributed by atoms with Gasteiger partial charge in [-0.1, -0.05) is 19.0 Å². The molecule has 1 fully saturated rings. The van der Waals surface area contributed by atoms with Crippen LogP contribution in [0.5, 0.6) is 0 Å². The highest BCUT2D eigenvalue weighted by Crippen LogP contribution is 2.28. The average molecular weight is 261 g/mol. The Morgan fingerprint density at radius 1 is 1.47 bits per heavy atom. The summed E-state index contributed by atoms with van der Waals surface area (Å²) in [5, 5.41) is 3.93. The van der Waals surface area contributed by atoms with E-state index >= 15 is 0 Å². The van der Waals surface area contributed by atoms with Crippen molar-refractivity contribution in [1.82, 2.24) is 15.0 Å². The van der Waals surface area contributed by atoms with E-state index in [1.54, 1.807) is 17.0 Å². The first kappa shape index (κ1) is 12.0. The van der Waals surface area contributed by atoms with E-state index in [2.05, 4.69) is 10.1 Å². The lowest BCUT2D eigenvalue weighted by atomic mass is 10.00. The van der Waals surface area contributed by atoms with Crippen LogP contribution in [0.1, 0.15) is 48.0 Å². The van der Waals surface area contributed by atoms with Gasteiger partial charge < -0.3 is 13.8 Å². The van der Waals surface area contributed by atoms with Crippen molar-refractivity contribution < 1.29 is 13.7 Å². The third-order valence-electron chi connectivity index (χ3n) is 3.22. The van der Waals surface area contributed by atoms with Crippen LogP contribution in [-0.2, 0) is 0 Å². The lowest BCUT2D eigenvalue weighted by molar-refractivity contribution is 0.0537. The molecule has 0 bridgehead atoms. The van der Waals surface area contributed by atoms with Gasteiger partial charge in [-0.05, 0) is 12.1 Å². The standard InChI is InChI=1S/C13H15N3O3/c1-8(2)11-14-12(19-15-11)9-6-16(7-9)13(17)10-4-3-5-18-10/h3-5,8-9H,6-7H2,1-2H3. The molecule has 1 amide bonds. The zero-order chi connectivity index (χ0) is 13.4. The van der Waals surface area contributed by atoms with Crippen LogP contribution in [0.4, 0.5) is 0 Å². The minimum Gasteiger partial charge on any atom is -0.459 e. The Kier molecular flexibility index (Phi) is 2.85. The molecule has 3 heterocycles. The molecule has 1 aliphatic heterocycles. The number of aromatic nitrogens is 2. The van der Waals surface area contributed by atoms with Gasteiger partial charge in [0.05, 0.1) is 12.2 Å². The van der Waals surface area contributed by atoms with Crippen molar-refractivity contribution >= 4 is 5.91 Å². The number of hydrogen-bond acceptors (Lipinski definition) is 5. The van der Waals surface area contributed by atoms with E-state index in [0.29, 0.717) is 30.6 Å². The fraction of sp³-hybridized carbons (Fsp3) is 0.462. The zero-order valence-electron chi connectivity index (χ0n) is 10.9. The van der Waals surface area contributed by atoms with Gasteiger partial charge in [0, 0.05) is 19.0 Å². The third-order valence-corrected chi connectivity index (χ3v) is 3.22. The number of rotatable bonds is 3. The highest BCUT2D eigenvalue weighted by Gasteiger charge is 2.36. The summed E-state index contributed by atoms with van der Waals surface area (Å²) < 4.78 is 10.3. The predicted molar refractivity (Wildman–Crippen MR) is 65.7 cm³/mol. The minimum atomic E-state index is -0.0927. The van der Waals surface area contributed by atoms with Gasteiger partial charge in [-0.3, -0.25) is 4.79 Å². The minimum absolute atomic E-state index is 0.0927. The maximum absolute atomic E-state index is 11.9. The first-order valence-electron chi connectivity index (χ1n) is 6.31. The van der Waals surface area contributed by atoms with Crippen LogP contribution in [0.25, 0.3) is 0 Å². The second-order valence-corrected chi connectivity index (χ2v) is 5.03. The summed E-state index contributed by atoms with van der Waals surface area (Å²) in [6.07, 6.45) is 1.50. The van der Waals surface area contributed by atoms with E-state index in [0.717, 1.165) is 0 Å². The van der Waals surface area contributed by atoms with Crippen LogP contribution in [0.3, 0.4) is 0 Å². The van der Waals surface area contributed by atoms with E-state index in [1.807, 2.05) is 13.8 Å². The normalized spacial score (nSPS) is 15.8. The molecular weight excluding hydrogens is 246 g/mol. The molecule has 0 spiro atoms. The second kappa shape index (κ2) is 4.53. The van der Waals surface area contributed by atoms with Crippen LogP contribution < -0.4 is 0 Å². The molecule has 6 heteroatoms. The van der Waals surface area contributed by atoms with E-state index in [-0.39, 0.29) is 17.7 Å². The average Bonchev–Trinajstić information content (AvgIpc) is 2.98. The largest absolute Gasteiger partial charge is 0.459 e. The van der Waals surface area contributed by atoms with Crippen LogP contribution in [0, 0.1) is 0 Å². The number of likely N-dealkylation sites (tertiary alicyclic amines) is 1. The summed E-state index contributed by atoms with van der Waals surface area (Å²) in [5.41, 5.74) is 0. The van der Waals surface area contributed by atoms with Gasteiger partial charge in [0.2, 0.25) is 5.89 Å². The van der Waals surface area contributed by atoms with Gasteiger partial charge in [-0.15, -0.1) is 0 Å². The van der Waals surface area contributed by atoms with Gasteiger partial charge in [-0.2, -0.15) is 4.98 Å². The lowest BCUT2D eigenvalue weighted by Crippen LogP contribution is -2.48. The number of carbonyl (C=O) groups is 1. The van der Waals surface area contributed by atoms with Gasteiger partial charge >= 0.3 is 0 Å². The Morgan fingerprint density at radius 2 is 2.26 bits per heavy atom. The van der Waals surface area contributed by atoms with Crippen molar-refractivity contribution in [3.8, 4) is 0 Å². The van der Waals surface area contributed by atoms with Crippen molar-refractivity contribution in [3.05, 3.63) is 35.9 Å². The predicted octanol–water partition coefficient (Wildman–Crippen LogP) is 2.03. The number of hydrogen-bond donors (Lipinski definition) is 0. The summed E-state index contributed by atoms with van der Waals surface area (Å²) in [6, 6.07) is 3.37. The van der Waals surface area contributed by atoms with Crippen LogP contribution in [-0.4, -0.2) is 34.0 Å². The molecule has 19 heavy (non-hydrogen) atoms. The molecular formula is C13H15N3O3. The summed E-state index contributed by atoms with van der Waals surface area (Å²) in [4.78, 5) is 18.0. The summed E-state index contributed by atoms with van der Waals surface area (Å²) in [5.74, 6) is 1.99. The summed E-state index contributed by atoms with van der Waals surface area (Å²) in [7, 11) is 0. The molecule has 1 aliphatic rings. The number of furan rings is 1. The van der Waals surface area contributed by atoms with Gasteiger partial charge in [0.1, 0.15) is 0 Å². The van der Waals surface area contributed by atoms with Crippen LogP contribution in [0.15, 0.2) is 27.3 Å². The van der Waals surface area contributed by atoms with Crippen molar-refractivity contribution in [3.63, 3.8) is 0 Å². The molecule has 2 aromatic rings. The molecule has 0 aromatic carbocycles. The second-order valence-electron chi connectivity index (χ2n) is 5.03. The quantitative estimate of drug-likeness (QED) is 0.845. The highest BCUT2D eigenvalue weighted by molar-refractivity contribution is 5.92. The Bertz CT molecular complexity index is 568. The van der Waals surface area contributed by atoms with Gasteiger partial charge in [0.15, 0.2) is 11.6 Å². The summed E-state index contributed by atoms with van der Waals surface area (Å²) in [6.45, 7) is 5.23. The van der Waals surface area contributed by atoms with Crippen LogP contribution in [0.2, 0.25) is 0 Å². The molecule has 1 saturated heterocycles. The van der Waals surface area contributed by atoms with E-state index in [4.69, 9.17) is 8.94 Å².